The quantitative estimate of drug-likeness (QED) is 0.193. The zero-order valence-electron chi connectivity index (χ0n) is 18.2. The van der Waals surface area contributed by atoms with Gasteiger partial charge in [-0.1, -0.05) is 19.9 Å². The zero-order chi connectivity index (χ0) is 22.6. The van der Waals surface area contributed by atoms with Gasteiger partial charge < -0.3 is 14.4 Å². The highest BCUT2D eigenvalue weighted by Crippen LogP contribution is 2.41. The summed E-state index contributed by atoms with van der Waals surface area (Å²) in [5, 5.41) is 10.7. The first kappa shape index (κ1) is 23.4. The van der Waals surface area contributed by atoms with Gasteiger partial charge in [-0.2, -0.15) is 0 Å². The topological polar surface area (TPSA) is 99.0 Å². The molecule has 8 nitrogen and oxygen atoms in total. The number of ether oxygens (including phenoxy) is 2. The molecule has 2 rings (SSSR count). The summed E-state index contributed by atoms with van der Waals surface area (Å²) in [6.45, 7) is 13.3. The van der Waals surface area contributed by atoms with Gasteiger partial charge in [0.15, 0.2) is 0 Å². The second kappa shape index (κ2) is 9.28. The smallest absolute Gasteiger partial charge is 0.429 e. The van der Waals surface area contributed by atoms with Gasteiger partial charge in [0, 0.05) is 18.2 Å². The monoisotopic (exact) mass is 418 g/mol. The number of β-lactam (4-membered cyclic amide) rings is 1. The fraction of sp³-hybridized carbons (Fsp3) is 0.545. The van der Waals surface area contributed by atoms with Crippen LogP contribution in [0.25, 0.3) is 0 Å². The molecular formula is C22H30N2O6. The molecule has 1 unspecified atom stereocenters. The number of likely N-dealkylation sites (tertiary alicyclic amines) is 1. The third-order valence-corrected chi connectivity index (χ3v) is 5.67. The van der Waals surface area contributed by atoms with E-state index in [1.54, 1.807) is 19.9 Å². The minimum Gasteiger partial charge on any atom is -0.429 e. The van der Waals surface area contributed by atoms with Crippen molar-refractivity contribution >= 4 is 17.7 Å². The van der Waals surface area contributed by atoms with Crippen LogP contribution in [-0.4, -0.2) is 39.6 Å². The molecule has 0 saturated carbocycles. The van der Waals surface area contributed by atoms with Gasteiger partial charge in [-0.15, -0.1) is 6.58 Å². The number of hydrogen-bond acceptors (Lipinski definition) is 6. The molecule has 1 saturated heterocycles. The van der Waals surface area contributed by atoms with Crippen molar-refractivity contribution in [2.24, 2.45) is 11.8 Å². The first-order valence-electron chi connectivity index (χ1n) is 10.0. The van der Waals surface area contributed by atoms with Crippen LogP contribution in [0.3, 0.4) is 0 Å². The highest BCUT2D eigenvalue weighted by atomic mass is 16.7. The van der Waals surface area contributed by atoms with E-state index in [2.05, 4.69) is 20.4 Å². The summed E-state index contributed by atoms with van der Waals surface area (Å²) in [7, 11) is 0. The summed E-state index contributed by atoms with van der Waals surface area (Å²) >= 11 is 0. The molecule has 1 aromatic rings. The van der Waals surface area contributed by atoms with Crippen molar-refractivity contribution in [1.82, 2.24) is 4.90 Å². The van der Waals surface area contributed by atoms with Crippen LogP contribution >= 0.6 is 0 Å². The van der Waals surface area contributed by atoms with Gasteiger partial charge in [0.25, 0.3) is 5.69 Å². The average Bonchev–Trinajstić information content (AvgIpc) is 2.65. The summed E-state index contributed by atoms with van der Waals surface area (Å²) in [5.41, 5.74) is -0.499. The molecule has 164 valence electrons. The summed E-state index contributed by atoms with van der Waals surface area (Å²) in [6.07, 6.45) is 1.49. The van der Waals surface area contributed by atoms with Crippen LogP contribution in [0.1, 0.15) is 46.6 Å². The molecule has 30 heavy (non-hydrogen) atoms. The lowest BCUT2D eigenvalue weighted by Crippen LogP contribution is -2.70. The van der Waals surface area contributed by atoms with Gasteiger partial charge in [-0.25, -0.2) is 4.79 Å². The molecule has 0 bridgehead atoms. The summed E-state index contributed by atoms with van der Waals surface area (Å²) < 4.78 is 10.7. The first-order valence-corrected chi connectivity index (χ1v) is 10.0. The Bertz CT molecular complexity index is 802. The molecule has 0 spiro atoms. The van der Waals surface area contributed by atoms with Crippen LogP contribution < -0.4 is 0 Å². The third-order valence-electron chi connectivity index (χ3n) is 5.67. The van der Waals surface area contributed by atoms with Gasteiger partial charge in [0.1, 0.15) is 12.2 Å². The SMILES string of the molecule is C=CC[C@@H]1[C@@H](C(C)(C)OC(=O)OCc2ccc([N+](=O)[O-])cc2)C(=O)N1C(C)C(C)C. The number of amides is 1. The van der Waals surface area contributed by atoms with Crippen molar-refractivity contribution < 1.29 is 24.0 Å². The molecule has 1 aliphatic heterocycles. The number of benzene rings is 1. The Morgan fingerprint density at radius 3 is 2.40 bits per heavy atom. The van der Waals surface area contributed by atoms with E-state index in [1.807, 2.05) is 11.8 Å². The van der Waals surface area contributed by atoms with Crippen LogP contribution in [0.5, 0.6) is 0 Å². The van der Waals surface area contributed by atoms with Gasteiger partial charge in [-0.05, 0) is 50.8 Å². The van der Waals surface area contributed by atoms with E-state index in [0.29, 0.717) is 17.9 Å². The lowest BCUT2D eigenvalue weighted by molar-refractivity contribution is -0.384. The van der Waals surface area contributed by atoms with Gasteiger partial charge in [0.2, 0.25) is 5.91 Å². The maximum absolute atomic E-state index is 12.9. The second-order valence-corrected chi connectivity index (χ2v) is 8.47. The molecule has 0 N–H and O–H groups in total. The van der Waals surface area contributed by atoms with Crippen molar-refractivity contribution in [3.63, 3.8) is 0 Å². The molecule has 1 aromatic carbocycles. The third kappa shape index (κ3) is 4.98. The maximum Gasteiger partial charge on any atom is 0.509 e. The van der Waals surface area contributed by atoms with Crippen molar-refractivity contribution in [3.05, 3.63) is 52.6 Å². The lowest BCUT2D eigenvalue weighted by atomic mass is 9.73. The highest BCUT2D eigenvalue weighted by molar-refractivity contribution is 5.88. The van der Waals surface area contributed by atoms with Gasteiger partial charge >= 0.3 is 6.16 Å². The van der Waals surface area contributed by atoms with Crippen LogP contribution in [0, 0.1) is 22.0 Å². The molecule has 0 radical (unpaired) electrons. The van der Waals surface area contributed by atoms with E-state index in [4.69, 9.17) is 9.47 Å². The van der Waals surface area contributed by atoms with Gasteiger partial charge in [0.05, 0.1) is 16.9 Å². The van der Waals surface area contributed by atoms with Crippen molar-refractivity contribution in [2.45, 2.75) is 65.3 Å². The molecule has 1 aliphatic rings. The normalized spacial score (nSPS) is 19.8. The Labute approximate surface area is 177 Å². The minimum absolute atomic E-state index is 0.0422. The Kier molecular flexibility index (Phi) is 7.23. The van der Waals surface area contributed by atoms with E-state index in [0.717, 1.165) is 0 Å². The van der Waals surface area contributed by atoms with E-state index in [9.17, 15) is 19.7 Å². The molecule has 0 aromatic heterocycles. The zero-order valence-corrected chi connectivity index (χ0v) is 18.2. The van der Waals surface area contributed by atoms with Gasteiger partial charge in [-0.3, -0.25) is 14.9 Å². The predicted molar refractivity (Wildman–Crippen MR) is 112 cm³/mol. The largest absolute Gasteiger partial charge is 0.509 e. The Balaban J connectivity index is 2.00. The number of hydrogen-bond donors (Lipinski definition) is 0. The van der Waals surface area contributed by atoms with Crippen LogP contribution in [-0.2, 0) is 20.9 Å². The predicted octanol–water partition coefficient (Wildman–Crippen LogP) is 4.47. The number of nitro groups is 1. The highest BCUT2D eigenvalue weighted by Gasteiger charge is 2.57. The molecular weight excluding hydrogens is 388 g/mol. The van der Waals surface area contributed by atoms with E-state index in [1.165, 1.54) is 24.3 Å². The fourth-order valence-corrected chi connectivity index (χ4v) is 3.74. The van der Waals surface area contributed by atoms with Crippen LogP contribution in [0.2, 0.25) is 0 Å². The minimum atomic E-state index is -1.05. The average molecular weight is 418 g/mol. The van der Waals surface area contributed by atoms with E-state index >= 15 is 0 Å². The van der Waals surface area contributed by atoms with Crippen molar-refractivity contribution in [3.8, 4) is 0 Å². The second-order valence-electron chi connectivity index (χ2n) is 8.47. The Morgan fingerprint density at radius 2 is 1.90 bits per heavy atom. The maximum atomic E-state index is 12.9. The molecule has 0 aliphatic carbocycles. The number of non-ortho nitro benzene ring substituents is 1. The molecule has 3 atom stereocenters. The molecule has 8 heteroatoms. The number of rotatable bonds is 9. The molecule has 1 fully saturated rings. The van der Waals surface area contributed by atoms with Crippen molar-refractivity contribution in [2.75, 3.05) is 0 Å². The summed E-state index contributed by atoms with van der Waals surface area (Å²) in [6, 6.07) is 5.68. The molecule has 1 heterocycles. The van der Waals surface area contributed by atoms with E-state index < -0.39 is 22.6 Å². The van der Waals surface area contributed by atoms with Crippen LogP contribution in [0.15, 0.2) is 36.9 Å². The fourth-order valence-electron chi connectivity index (χ4n) is 3.74. The van der Waals surface area contributed by atoms with E-state index in [-0.39, 0.29) is 30.3 Å². The van der Waals surface area contributed by atoms with Crippen molar-refractivity contribution in [1.29, 1.82) is 0 Å². The van der Waals surface area contributed by atoms with Crippen LogP contribution in [0.4, 0.5) is 10.5 Å². The first-order chi connectivity index (χ1) is 14.0. The molecule has 1 amide bonds. The Hall–Kier alpha value is -2.90. The number of carbonyl (C=O) groups excluding carboxylic acids is 2. The number of nitro benzene ring substituents is 1. The number of nitrogens with zero attached hydrogens (tertiary/aromatic N) is 2. The standard InChI is InChI=1S/C22H30N2O6/c1-7-8-18-19(20(25)23(18)15(4)14(2)3)22(5,6)30-21(26)29-13-16-9-11-17(12-10-16)24(27)28/h7,9-12,14-15,18-19H,1,8,13H2,2-6H3/t15?,18-,19-/m1/s1. The Morgan fingerprint density at radius 1 is 1.30 bits per heavy atom. The number of carbonyl (C=O) groups is 2. The summed E-state index contributed by atoms with van der Waals surface area (Å²) in [4.78, 5) is 37.2. The summed E-state index contributed by atoms with van der Waals surface area (Å²) in [5.74, 6) is -0.224. The lowest BCUT2D eigenvalue weighted by Gasteiger charge is -2.55.